The Hall–Kier alpha value is -2.92. The second-order valence-corrected chi connectivity index (χ2v) is 5.75. The lowest BCUT2D eigenvalue weighted by molar-refractivity contribution is 0.0950. The van der Waals surface area contributed by atoms with Gasteiger partial charge in [0.15, 0.2) is 0 Å². The van der Waals surface area contributed by atoms with Crippen molar-refractivity contribution in [1.82, 2.24) is 10.3 Å². The summed E-state index contributed by atoms with van der Waals surface area (Å²) in [6.45, 7) is 0.341. The first-order valence-corrected chi connectivity index (χ1v) is 8.00. The third kappa shape index (κ3) is 4.55. The van der Waals surface area contributed by atoms with Gasteiger partial charge in [0.25, 0.3) is 5.91 Å². The van der Waals surface area contributed by atoms with Crippen molar-refractivity contribution in [2.45, 2.75) is 6.54 Å². The highest BCUT2D eigenvalue weighted by atomic mass is 35.5. The van der Waals surface area contributed by atoms with Gasteiger partial charge in [0, 0.05) is 23.5 Å². The van der Waals surface area contributed by atoms with E-state index < -0.39 is 0 Å². The van der Waals surface area contributed by atoms with Crippen LogP contribution in [0, 0.1) is 5.82 Å². The van der Waals surface area contributed by atoms with Crippen LogP contribution in [0.3, 0.4) is 0 Å². The van der Waals surface area contributed by atoms with E-state index in [1.807, 2.05) is 18.2 Å². The van der Waals surface area contributed by atoms with Gasteiger partial charge in [-0.25, -0.2) is 9.37 Å². The molecule has 4 nitrogen and oxygen atoms in total. The summed E-state index contributed by atoms with van der Waals surface area (Å²) in [4.78, 5) is 16.4. The standard InChI is InChI=1S/C19H15ClFN3O/c20-17-4-2-1-3-13(17)11-23-19(25)14-5-10-18(22-12-14)24-16-8-6-15(21)7-9-16/h1-10,12H,11H2,(H,22,24)(H,23,25). The highest BCUT2D eigenvalue weighted by Crippen LogP contribution is 2.16. The number of pyridine rings is 1. The van der Waals surface area contributed by atoms with Crippen molar-refractivity contribution in [3.05, 3.63) is 88.8 Å². The molecule has 2 aromatic carbocycles. The second-order valence-electron chi connectivity index (χ2n) is 5.34. The topological polar surface area (TPSA) is 54.0 Å². The van der Waals surface area contributed by atoms with Gasteiger partial charge < -0.3 is 10.6 Å². The summed E-state index contributed by atoms with van der Waals surface area (Å²) in [5.41, 5.74) is 2.00. The minimum absolute atomic E-state index is 0.235. The number of halogens is 2. The molecule has 0 saturated carbocycles. The van der Waals surface area contributed by atoms with Crippen LogP contribution in [0.1, 0.15) is 15.9 Å². The number of carbonyl (C=O) groups is 1. The molecule has 0 bridgehead atoms. The molecule has 0 aliphatic rings. The summed E-state index contributed by atoms with van der Waals surface area (Å²) in [7, 11) is 0. The maximum absolute atomic E-state index is 12.9. The molecule has 0 aliphatic carbocycles. The van der Waals surface area contributed by atoms with Gasteiger partial charge >= 0.3 is 0 Å². The Labute approximate surface area is 149 Å². The molecule has 0 unspecified atom stereocenters. The molecule has 0 spiro atoms. The monoisotopic (exact) mass is 355 g/mol. The zero-order valence-electron chi connectivity index (χ0n) is 13.2. The first kappa shape index (κ1) is 16.9. The number of anilines is 2. The second kappa shape index (κ2) is 7.77. The minimum atomic E-state index is -0.302. The first-order valence-electron chi connectivity index (χ1n) is 7.62. The molecular weight excluding hydrogens is 341 g/mol. The van der Waals surface area contributed by atoms with Crippen LogP contribution in [0.5, 0.6) is 0 Å². The number of hydrogen-bond donors (Lipinski definition) is 2. The van der Waals surface area contributed by atoms with Gasteiger partial charge in [0.05, 0.1) is 5.56 Å². The largest absolute Gasteiger partial charge is 0.348 e. The van der Waals surface area contributed by atoms with E-state index in [2.05, 4.69) is 15.6 Å². The van der Waals surface area contributed by atoms with E-state index in [4.69, 9.17) is 11.6 Å². The van der Waals surface area contributed by atoms with Crippen LogP contribution in [-0.2, 0) is 6.54 Å². The van der Waals surface area contributed by atoms with Crippen LogP contribution in [0.2, 0.25) is 5.02 Å². The fourth-order valence-corrected chi connectivity index (χ4v) is 2.41. The van der Waals surface area contributed by atoms with Crippen molar-refractivity contribution in [1.29, 1.82) is 0 Å². The zero-order valence-corrected chi connectivity index (χ0v) is 13.9. The summed E-state index contributed by atoms with van der Waals surface area (Å²) in [5.74, 6) is 0.0269. The molecule has 3 aromatic rings. The lowest BCUT2D eigenvalue weighted by atomic mass is 10.2. The summed E-state index contributed by atoms with van der Waals surface area (Å²) < 4.78 is 12.9. The number of amides is 1. The summed E-state index contributed by atoms with van der Waals surface area (Å²) >= 11 is 6.07. The van der Waals surface area contributed by atoms with E-state index in [0.29, 0.717) is 28.6 Å². The number of nitrogens with one attached hydrogen (secondary N) is 2. The Kier molecular flexibility index (Phi) is 5.26. The molecule has 0 aliphatic heterocycles. The van der Waals surface area contributed by atoms with Crippen molar-refractivity contribution < 1.29 is 9.18 Å². The van der Waals surface area contributed by atoms with E-state index in [0.717, 1.165) is 5.56 Å². The Bertz CT molecular complexity index is 867. The average molecular weight is 356 g/mol. The fourth-order valence-electron chi connectivity index (χ4n) is 2.20. The minimum Gasteiger partial charge on any atom is -0.348 e. The Balaban J connectivity index is 1.60. The van der Waals surface area contributed by atoms with Crippen LogP contribution in [0.15, 0.2) is 66.9 Å². The molecule has 3 rings (SSSR count). The third-order valence-electron chi connectivity index (χ3n) is 3.54. The van der Waals surface area contributed by atoms with Crippen molar-refractivity contribution in [3.8, 4) is 0 Å². The third-order valence-corrected chi connectivity index (χ3v) is 3.91. The predicted molar refractivity (Wildman–Crippen MR) is 96.5 cm³/mol. The van der Waals surface area contributed by atoms with E-state index in [1.165, 1.54) is 18.3 Å². The Morgan fingerprint density at radius 2 is 1.80 bits per heavy atom. The molecule has 1 amide bonds. The maximum Gasteiger partial charge on any atom is 0.253 e. The molecule has 25 heavy (non-hydrogen) atoms. The molecule has 2 N–H and O–H groups in total. The molecule has 126 valence electrons. The highest BCUT2D eigenvalue weighted by Gasteiger charge is 2.07. The molecule has 0 radical (unpaired) electrons. The zero-order chi connectivity index (χ0) is 17.6. The van der Waals surface area contributed by atoms with Gasteiger partial charge in [-0.2, -0.15) is 0 Å². The fraction of sp³-hybridized carbons (Fsp3) is 0.0526. The first-order chi connectivity index (χ1) is 12.1. The average Bonchev–Trinajstić information content (AvgIpc) is 2.63. The predicted octanol–water partition coefficient (Wildman–Crippen LogP) is 4.55. The van der Waals surface area contributed by atoms with Gasteiger partial charge in [-0.05, 0) is 48.0 Å². The normalized spacial score (nSPS) is 10.3. The number of hydrogen-bond acceptors (Lipinski definition) is 3. The molecule has 1 heterocycles. The molecule has 0 fully saturated rings. The molecular formula is C19H15ClFN3O. The Morgan fingerprint density at radius 3 is 2.48 bits per heavy atom. The number of aromatic nitrogens is 1. The summed E-state index contributed by atoms with van der Waals surface area (Å²) in [6.07, 6.45) is 1.48. The van der Waals surface area contributed by atoms with Crippen LogP contribution >= 0.6 is 11.6 Å². The van der Waals surface area contributed by atoms with E-state index in [-0.39, 0.29) is 11.7 Å². The number of benzene rings is 2. The van der Waals surface area contributed by atoms with E-state index in [9.17, 15) is 9.18 Å². The molecule has 1 aromatic heterocycles. The molecule has 0 saturated heterocycles. The van der Waals surface area contributed by atoms with Crippen molar-refractivity contribution >= 4 is 29.0 Å². The summed E-state index contributed by atoms with van der Waals surface area (Å²) in [5, 5.41) is 6.45. The summed E-state index contributed by atoms with van der Waals surface area (Å²) in [6, 6.07) is 16.6. The van der Waals surface area contributed by atoms with Gasteiger partial charge in [-0.15, -0.1) is 0 Å². The SMILES string of the molecule is O=C(NCc1ccccc1Cl)c1ccc(Nc2ccc(F)cc2)nc1. The smallest absolute Gasteiger partial charge is 0.253 e. The van der Waals surface area contributed by atoms with E-state index >= 15 is 0 Å². The van der Waals surface area contributed by atoms with Crippen LogP contribution in [0.25, 0.3) is 0 Å². The number of rotatable bonds is 5. The van der Waals surface area contributed by atoms with Gasteiger partial charge in [0.1, 0.15) is 11.6 Å². The van der Waals surface area contributed by atoms with Crippen LogP contribution < -0.4 is 10.6 Å². The van der Waals surface area contributed by atoms with Crippen molar-refractivity contribution in [3.63, 3.8) is 0 Å². The van der Waals surface area contributed by atoms with Gasteiger partial charge in [0.2, 0.25) is 0 Å². The number of carbonyl (C=O) groups excluding carboxylic acids is 1. The van der Waals surface area contributed by atoms with Crippen LogP contribution in [0.4, 0.5) is 15.9 Å². The lowest BCUT2D eigenvalue weighted by Crippen LogP contribution is -2.23. The van der Waals surface area contributed by atoms with Crippen LogP contribution in [-0.4, -0.2) is 10.9 Å². The quantitative estimate of drug-likeness (QED) is 0.706. The van der Waals surface area contributed by atoms with Gasteiger partial charge in [-0.1, -0.05) is 29.8 Å². The van der Waals surface area contributed by atoms with Crippen molar-refractivity contribution in [2.24, 2.45) is 0 Å². The Morgan fingerprint density at radius 1 is 1.04 bits per heavy atom. The van der Waals surface area contributed by atoms with E-state index in [1.54, 1.807) is 30.3 Å². The number of nitrogens with zero attached hydrogens (tertiary/aromatic N) is 1. The molecule has 6 heteroatoms. The lowest BCUT2D eigenvalue weighted by Gasteiger charge is -2.08. The van der Waals surface area contributed by atoms with Gasteiger partial charge in [-0.3, -0.25) is 4.79 Å². The molecule has 0 atom stereocenters. The maximum atomic E-state index is 12.9. The van der Waals surface area contributed by atoms with Crippen molar-refractivity contribution in [2.75, 3.05) is 5.32 Å². The highest BCUT2D eigenvalue weighted by molar-refractivity contribution is 6.31.